The van der Waals surface area contributed by atoms with Crippen molar-refractivity contribution in [3.63, 3.8) is 0 Å². The molecule has 0 saturated heterocycles. The van der Waals surface area contributed by atoms with Gasteiger partial charge in [-0.3, -0.25) is 0 Å². The molecule has 106 valence electrons. The quantitative estimate of drug-likeness (QED) is 0.824. The van der Waals surface area contributed by atoms with Crippen molar-refractivity contribution in [1.29, 1.82) is 0 Å². The van der Waals surface area contributed by atoms with Crippen LogP contribution in [0, 0.1) is 6.92 Å². The predicted octanol–water partition coefficient (Wildman–Crippen LogP) is 3.86. The highest BCUT2D eigenvalue weighted by Gasteiger charge is 2.12. The summed E-state index contributed by atoms with van der Waals surface area (Å²) in [6, 6.07) is 19.0. The molecule has 20 heavy (non-hydrogen) atoms. The third kappa shape index (κ3) is 4.19. The maximum absolute atomic E-state index is 5.88. The standard InChI is InChI=1S/C18H23NO/c1-3-19-18(17-12-8-7-9-15(17)2)14-20-13-16-10-5-4-6-11-16/h4-12,18-19H,3,13-14H2,1-2H3. The van der Waals surface area contributed by atoms with Gasteiger partial charge in [-0.25, -0.2) is 0 Å². The second-order valence-electron chi connectivity index (χ2n) is 4.97. The maximum Gasteiger partial charge on any atom is 0.0717 e. The van der Waals surface area contributed by atoms with E-state index in [1.165, 1.54) is 16.7 Å². The molecular weight excluding hydrogens is 246 g/mol. The first-order valence-corrected chi connectivity index (χ1v) is 7.22. The molecule has 0 radical (unpaired) electrons. The van der Waals surface area contributed by atoms with E-state index in [9.17, 15) is 0 Å². The molecule has 2 aromatic carbocycles. The van der Waals surface area contributed by atoms with Crippen LogP contribution in [0.25, 0.3) is 0 Å². The molecule has 0 amide bonds. The van der Waals surface area contributed by atoms with Crippen molar-refractivity contribution in [2.45, 2.75) is 26.5 Å². The number of nitrogens with one attached hydrogen (secondary N) is 1. The van der Waals surface area contributed by atoms with Gasteiger partial charge < -0.3 is 10.1 Å². The number of benzene rings is 2. The lowest BCUT2D eigenvalue weighted by Crippen LogP contribution is -2.26. The van der Waals surface area contributed by atoms with Gasteiger partial charge >= 0.3 is 0 Å². The molecule has 1 unspecified atom stereocenters. The van der Waals surface area contributed by atoms with Crippen molar-refractivity contribution in [3.8, 4) is 0 Å². The van der Waals surface area contributed by atoms with Gasteiger partial charge in [-0.05, 0) is 30.2 Å². The van der Waals surface area contributed by atoms with Crippen molar-refractivity contribution in [2.24, 2.45) is 0 Å². The van der Waals surface area contributed by atoms with Crippen LogP contribution in [0.5, 0.6) is 0 Å². The summed E-state index contributed by atoms with van der Waals surface area (Å²) in [4.78, 5) is 0. The molecule has 2 aromatic rings. The second kappa shape index (κ2) is 7.83. The van der Waals surface area contributed by atoms with E-state index in [1.54, 1.807) is 0 Å². The number of ether oxygens (including phenoxy) is 1. The van der Waals surface area contributed by atoms with Crippen LogP contribution in [0.15, 0.2) is 54.6 Å². The molecule has 0 fully saturated rings. The Kier molecular flexibility index (Phi) is 5.78. The lowest BCUT2D eigenvalue weighted by molar-refractivity contribution is 0.0989. The van der Waals surface area contributed by atoms with Gasteiger partial charge in [0.25, 0.3) is 0 Å². The summed E-state index contributed by atoms with van der Waals surface area (Å²) in [5, 5.41) is 3.50. The molecular formula is C18H23NO. The summed E-state index contributed by atoms with van der Waals surface area (Å²) >= 11 is 0. The van der Waals surface area contributed by atoms with E-state index in [4.69, 9.17) is 4.74 Å². The number of rotatable bonds is 7. The van der Waals surface area contributed by atoms with Crippen molar-refractivity contribution in [3.05, 3.63) is 71.3 Å². The van der Waals surface area contributed by atoms with Crippen LogP contribution in [0.1, 0.15) is 29.7 Å². The van der Waals surface area contributed by atoms with Crippen LogP contribution < -0.4 is 5.32 Å². The number of hydrogen-bond acceptors (Lipinski definition) is 2. The molecule has 0 heterocycles. The Morgan fingerprint density at radius 3 is 2.40 bits per heavy atom. The van der Waals surface area contributed by atoms with Crippen molar-refractivity contribution in [2.75, 3.05) is 13.2 Å². The predicted molar refractivity (Wildman–Crippen MR) is 83.7 cm³/mol. The summed E-state index contributed by atoms with van der Waals surface area (Å²) in [6.45, 7) is 6.56. The number of aryl methyl sites for hydroxylation is 1. The van der Waals surface area contributed by atoms with Crippen LogP contribution in [0.2, 0.25) is 0 Å². The number of hydrogen-bond donors (Lipinski definition) is 1. The molecule has 0 aliphatic carbocycles. The molecule has 0 aromatic heterocycles. The Bertz CT molecular complexity index is 510. The topological polar surface area (TPSA) is 21.3 Å². The largest absolute Gasteiger partial charge is 0.375 e. The van der Waals surface area contributed by atoms with Gasteiger partial charge in [-0.15, -0.1) is 0 Å². The van der Waals surface area contributed by atoms with Crippen molar-refractivity contribution < 1.29 is 4.74 Å². The van der Waals surface area contributed by atoms with Gasteiger partial charge in [-0.2, -0.15) is 0 Å². The first-order valence-electron chi connectivity index (χ1n) is 7.22. The Hall–Kier alpha value is -1.64. The van der Waals surface area contributed by atoms with Gasteiger partial charge in [0.1, 0.15) is 0 Å². The Morgan fingerprint density at radius 2 is 1.70 bits per heavy atom. The normalized spacial score (nSPS) is 12.3. The van der Waals surface area contributed by atoms with Crippen molar-refractivity contribution in [1.82, 2.24) is 5.32 Å². The van der Waals surface area contributed by atoms with E-state index in [2.05, 4.69) is 55.6 Å². The van der Waals surface area contributed by atoms with Gasteiger partial charge in [0.2, 0.25) is 0 Å². The van der Waals surface area contributed by atoms with Crippen LogP contribution in [-0.4, -0.2) is 13.2 Å². The third-order valence-corrected chi connectivity index (χ3v) is 3.41. The Balaban J connectivity index is 1.95. The smallest absolute Gasteiger partial charge is 0.0717 e. The average molecular weight is 269 g/mol. The molecule has 2 heteroatoms. The first kappa shape index (κ1) is 14.8. The second-order valence-corrected chi connectivity index (χ2v) is 4.97. The first-order chi connectivity index (χ1) is 9.81. The summed E-state index contributed by atoms with van der Waals surface area (Å²) in [5.74, 6) is 0. The van der Waals surface area contributed by atoms with Crippen molar-refractivity contribution >= 4 is 0 Å². The van der Waals surface area contributed by atoms with Crippen LogP contribution in [0.4, 0.5) is 0 Å². The molecule has 0 aliphatic heterocycles. The van der Waals surface area contributed by atoms with E-state index < -0.39 is 0 Å². The highest BCUT2D eigenvalue weighted by molar-refractivity contribution is 5.28. The average Bonchev–Trinajstić information content (AvgIpc) is 2.48. The minimum absolute atomic E-state index is 0.255. The van der Waals surface area contributed by atoms with Crippen LogP contribution in [0.3, 0.4) is 0 Å². The highest BCUT2D eigenvalue weighted by atomic mass is 16.5. The van der Waals surface area contributed by atoms with E-state index in [0.717, 1.165) is 6.54 Å². The molecule has 1 N–H and O–H groups in total. The molecule has 2 rings (SSSR count). The van der Waals surface area contributed by atoms with E-state index in [0.29, 0.717) is 13.2 Å². The summed E-state index contributed by atoms with van der Waals surface area (Å²) in [6.07, 6.45) is 0. The highest BCUT2D eigenvalue weighted by Crippen LogP contribution is 2.18. The molecule has 1 atom stereocenters. The summed E-state index contributed by atoms with van der Waals surface area (Å²) in [7, 11) is 0. The number of likely N-dealkylation sites (N-methyl/N-ethyl adjacent to an activating group) is 1. The third-order valence-electron chi connectivity index (χ3n) is 3.41. The molecule has 0 saturated carbocycles. The monoisotopic (exact) mass is 269 g/mol. The molecule has 2 nitrogen and oxygen atoms in total. The van der Waals surface area contributed by atoms with E-state index in [-0.39, 0.29) is 6.04 Å². The van der Waals surface area contributed by atoms with Gasteiger partial charge in [0, 0.05) is 0 Å². The lowest BCUT2D eigenvalue weighted by atomic mass is 10.0. The van der Waals surface area contributed by atoms with Crippen LogP contribution >= 0.6 is 0 Å². The van der Waals surface area contributed by atoms with Gasteiger partial charge in [-0.1, -0.05) is 61.5 Å². The minimum atomic E-state index is 0.255. The fourth-order valence-electron chi connectivity index (χ4n) is 2.35. The SMILES string of the molecule is CCNC(COCc1ccccc1)c1ccccc1C. The summed E-state index contributed by atoms with van der Waals surface area (Å²) in [5.41, 5.74) is 3.84. The fraction of sp³-hybridized carbons (Fsp3) is 0.333. The Labute approximate surface area is 121 Å². The molecule has 0 bridgehead atoms. The van der Waals surface area contributed by atoms with Crippen LogP contribution in [-0.2, 0) is 11.3 Å². The van der Waals surface area contributed by atoms with Gasteiger partial charge in [0.05, 0.1) is 19.3 Å². The minimum Gasteiger partial charge on any atom is -0.375 e. The molecule has 0 aliphatic rings. The lowest BCUT2D eigenvalue weighted by Gasteiger charge is -2.20. The maximum atomic E-state index is 5.88. The van der Waals surface area contributed by atoms with E-state index in [1.807, 2.05) is 18.2 Å². The van der Waals surface area contributed by atoms with Gasteiger partial charge in [0.15, 0.2) is 0 Å². The fourth-order valence-corrected chi connectivity index (χ4v) is 2.35. The zero-order valence-corrected chi connectivity index (χ0v) is 12.3. The summed E-state index contributed by atoms with van der Waals surface area (Å²) < 4.78 is 5.88. The zero-order chi connectivity index (χ0) is 14.2. The zero-order valence-electron chi connectivity index (χ0n) is 12.3. The molecule has 0 spiro atoms. The Morgan fingerprint density at radius 1 is 1.00 bits per heavy atom. The van der Waals surface area contributed by atoms with E-state index >= 15 is 0 Å².